The number of aryl methyl sites for hydroxylation is 2. The monoisotopic (exact) mass is 1000 g/mol. The summed E-state index contributed by atoms with van der Waals surface area (Å²) in [7, 11) is 0.836. The van der Waals surface area contributed by atoms with E-state index in [2.05, 4.69) is 244 Å². The molecule has 1 heterocycles. The molecule has 0 spiro atoms. The van der Waals surface area contributed by atoms with Gasteiger partial charge in [0.2, 0.25) is 0 Å². The lowest BCUT2D eigenvalue weighted by Crippen LogP contribution is -2.42. The van der Waals surface area contributed by atoms with E-state index < -0.39 is 0 Å². The number of fused-ring (bicyclic) bond motifs is 7. The smallest absolute Gasteiger partial charge is 0.198 e. The standard InChI is InChI=1S/C73H87BN2/c1-19-30-68(7,8)58-42-64-62(40-51(58)43(2)3)74-67-54(35-47(66-45(5)25-24-44(4)46(66)6)36-65(67)76(64)49-27-29-57-61(38-49)72(15,16)34-32-70(57,11)12)53-39-59-52(50-22-20-21-23-55(50)73(59,17)18)41-63(53)75-48-26-28-56-60(37-48)71(13,14)33-31-69(56,9)10/h20-29,35-43,74-75H,19,30-34H2,1-18H3. The molecule has 0 saturated heterocycles. The van der Waals surface area contributed by atoms with Crippen LogP contribution in [0.3, 0.4) is 0 Å². The molecule has 0 fully saturated rings. The van der Waals surface area contributed by atoms with Crippen LogP contribution in [0.5, 0.6) is 0 Å². The van der Waals surface area contributed by atoms with Crippen LogP contribution < -0.4 is 21.1 Å². The van der Waals surface area contributed by atoms with E-state index in [-0.39, 0.29) is 32.5 Å². The summed E-state index contributed by atoms with van der Waals surface area (Å²) >= 11 is 0. The van der Waals surface area contributed by atoms with Gasteiger partial charge in [0, 0.05) is 39.4 Å². The second kappa shape index (κ2) is 17.9. The predicted octanol–water partition coefficient (Wildman–Crippen LogP) is 19.1. The zero-order valence-electron chi connectivity index (χ0n) is 49.9. The van der Waals surface area contributed by atoms with Crippen molar-refractivity contribution in [1.82, 2.24) is 0 Å². The molecule has 4 aliphatic rings. The molecule has 76 heavy (non-hydrogen) atoms. The van der Waals surface area contributed by atoms with Gasteiger partial charge in [-0.05, 0) is 235 Å². The van der Waals surface area contributed by atoms with E-state index in [9.17, 15) is 0 Å². The average molecular weight is 1000 g/mol. The molecular formula is C73H87BN2. The van der Waals surface area contributed by atoms with Crippen LogP contribution in [0, 0.1) is 20.8 Å². The third kappa shape index (κ3) is 8.34. The third-order valence-corrected chi connectivity index (χ3v) is 20.0. The molecule has 11 rings (SSSR count). The lowest BCUT2D eigenvalue weighted by Gasteiger charge is -2.43. The maximum absolute atomic E-state index is 4.23. The van der Waals surface area contributed by atoms with Crippen LogP contribution in [0.15, 0.2) is 109 Å². The Hall–Kier alpha value is -5.80. The van der Waals surface area contributed by atoms with Crippen LogP contribution in [-0.4, -0.2) is 7.28 Å². The number of nitrogens with one attached hydrogen (secondary N) is 1. The summed E-state index contributed by atoms with van der Waals surface area (Å²) < 4.78 is 0. The Bertz CT molecular complexity index is 3520. The summed E-state index contributed by atoms with van der Waals surface area (Å²) in [6.07, 6.45) is 7.02. The van der Waals surface area contributed by atoms with Gasteiger partial charge < -0.3 is 10.2 Å². The van der Waals surface area contributed by atoms with Crippen molar-refractivity contribution in [3.8, 4) is 33.4 Å². The number of nitrogens with zero attached hydrogens (tertiary/aromatic N) is 1. The van der Waals surface area contributed by atoms with Gasteiger partial charge >= 0.3 is 0 Å². The number of benzene rings is 7. The third-order valence-electron chi connectivity index (χ3n) is 20.0. The molecule has 1 N–H and O–H groups in total. The summed E-state index contributed by atoms with van der Waals surface area (Å²) in [5.41, 5.74) is 32.7. The Morgan fingerprint density at radius 1 is 0.566 bits per heavy atom. The molecule has 2 nitrogen and oxygen atoms in total. The van der Waals surface area contributed by atoms with E-state index in [1.807, 2.05) is 0 Å². The second-order valence-electron chi connectivity index (χ2n) is 28.4. The largest absolute Gasteiger partial charge is 0.355 e. The van der Waals surface area contributed by atoms with Crippen molar-refractivity contribution in [3.63, 3.8) is 0 Å². The maximum atomic E-state index is 4.23. The van der Waals surface area contributed by atoms with Crippen LogP contribution in [0.1, 0.15) is 209 Å². The van der Waals surface area contributed by atoms with Gasteiger partial charge in [-0.15, -0.1) is 0 Å². The first-order valence-electron chi connectivity index (χ1n) is 29.2. The van der Waals surface area contributed by atoms with Crippen molar-refractivity contribution >= 4 is 46.6 Å². The van der Waals surface area contributed by atoms with Gasteiger partial charge in [0.15, 0.2) is 7.28 Å². The van der Waals surface area contributed by atoms with Crippen molar-refractivity contribution in [2.75, 3.05) is 10.2 Å². The zero-order chi connectivity index (χ0) is 54.4. The van der Waals surface area contributed by atoms with Crippen LogP contribution in [0.2, 0.25) is 0 Å². The Morgan fingerprint density at radius 2 is 1.18 bits per heavy atom. The summed E-state index contributed by atoms with van der Waals surface area (Å²) in [6, 6.07) is 44.3. The SMILES string of the molecule is CCCC(C)(C)c1cc2c(cc1C(C)C)Bc1c(-c3cc4c(cc3Nc3ccc5c(c3)C(C)(C)CCC5(C)C)-c3ccccc3C4(C)C)cc(-c3c(C)ccc(C)c3C)cc1N2c1ccc2c(c1)C(C)(C)CCC2(C)C. The van der Waals surface area contributed by atoms with Gasteiger partial charge in [-0.2, -0.15) is 0 Å². The van der Waals surface area contributed by atoms with Gasteiger partial charge in [0.1, 0.15) is 0 Å². The highest BCUT2D eigenvalue weighted by atomic mass is 15.2. The Morgan fingerprint density at radius 3 is 1.84 bits per heavy atom. The van der Waals surface area contributed by atoms with Gasteiger partial charge in [-0.25, -0.2) is 0 Å². The second-order valence-corrected chi connectivity index (χ2v) is 28.4. The predicted molar refractivity (Wildman–Crippen MR) is 333 cm³/mol. The molecular weight excluding hydrogens is 916 g/mol. The Kier molecular flexibility index (Phi) is 12.3. The van der Waals surface area contributed by atoms with Crippen molar-refractivity contribution in [3.05, 3.63) is 170 Å². The van der Waals surface area contributed by atoms with Crippen molar-refractivity contribution < 1.29 is 0 Å². The fourth-order valence-electron chi connectivity index (χ4n) is 14.9. The fraction of sp³-hybridized carbons (Fsp3) is 0.425. The molecule has 3 aliphatic carbocycles. The van der Waals surface area contributed by atoms with Crippen molar-refractivity contribution in [1.29, 1.82) is 0 Å². The van der Waals surface area contributed by atoms with E-state index in [1.165, 1.54) is 148 Å². The first-order valence-corrected chi connectivity index (χ1v) is 29.2. The lowest BCUT2D eigenvalue weighted by atomic mass is 9.56. The lowest BCUT2D eigenvalue weighted by molar-refractivity contribution is 0.332. The average Bonchev–Trinajstić information content (AvgIpc) is 3.66. The van der Waals surface area contributed by atoms with Crippen LogP contribution in [0.4, 0.5) is 28.4 Å². The maximum Gasteiger partial charge on any atom is 0.198 e. The first-order chi connectivity index (χ1) is 35.6. The Balaban J connectivity index is 1.25. The van der Waals surface area contributed by atoms with E-state index in [0.29, 0.717) is 5.92 Å². The minimum atomic E-state index is -0.182. The summed E-state index contributed by atoms with van der Waals surface area (Å²) in [5.74, 6) is 0.385. The molecule has 1 aliphatic heterocycles. The zero-order valence-corrected chi connectivity index (χ0v) is 49.9. The topological polar surface area (TPSA) is 15.3 Å². The van der Waals surface area contributed by atoms with E-state index in [0.717, 1.165) is 31.5 Å². The van der Waals surface area contributed by atoms with Crippen LogP contribution in [0.25, 0.3) is 33.4 Å². The molecule has 0 bridgehead atoms. The van der Waals surface area contributed by atoms with Crippen LogP contribution >= 0.6 is 0 Å². The van der Waals surface area contributed by atoms with Crippen LogP contribution in [-0.2, 0) is 32.5 Å². The summed E-state index contributed by atoms with van der Waals surface area (Å²) in [4.78, 5) is 2.72. The Labute approximate surface area is 459 Å². The molecule has 3 heteroatoms. The van der Waals surface area contributed by atoms with E-state index >= 15 is 0 Å². The van der Waals surface area contributed by atoms with Crippen molar-refractivity contribution in [2.45, 2.75) is 202 Å². The molecule has 0 radical (unpaired) electrons. The highest BCUT2D eigenvalue weighted by molar-refractivity contribution is 6.73. The molecule has 0 unspecified atom stereocenters. The molecule has 7 aromatic rings. The highest BCUT2D eigenvalue weighted by Gasteiger charge is 2.42. The van der Waals surface area contributed by atoms with Gasteiger partial charge in [-0.3, -0.25) is 0 Å². The van der Waals surface area contributed by atoms with Gasteiger partial charge in [0.05, 0.1) is 0 Å². The molecule has 0 amide bonds. The quantitative estimate of drug-likeness (QED) is 0.145. The highest BCUT2D eigenvalue weighted by Crippen LogP contribution is 2.55. The van der Waals surface area contributed by atoms with E-state index in [1.54, 1.807) is 0 Å². The molecule has 7 aromatic carbocycles. The minimum Gasteiger partial charge on any atom is -0.355 e. The number of anilines is 5. The summed E-state index contributed by atoms with van der Waals surface area (Å²) in [6.45, 7) is 43.6. The van der Waals surface area contributed by atoms with Crippen molar-refractivity contribution in [2.24, 2.45) is 0 Å². The van der Waals surface area contributed by atoms with Gasteiger partial charge in [0.25, 0.3) is 0 Å². The number of hydrogen-bond acceptors (Lipinski definition) is 2. The molecule has 0 aromatic heterocycles. The first kappa shape index (κ1) is 52.3. The number of hydrogen-bond donors (Lipinski definition) is 1. The number of rotatable bonds is 9. The van der Waals surface area contributed by atoms with E-state index in [4.69, 9.17) is 0 Å². The molecule has 0 atom stereocenters. The fourth-order valence-corrected chi connectivity index (χ4v) is 14.9. The minimum absolute atomic E-state index is 0.0109. The summed E-state index contributed by atoms with van der Waals surface area (Å²) in [5, 5.41) is 4.23. The molecule has 0 saturated carbocycles. The molecule has 392 valence electrons. The van der Waals surface area contributed by atoms with Gasteiger partial charge in [-0.1, -0.05) is 170 Å². The normalized spacial score (nSPS) is 18.0.